The Morgan fingerprint density at radius 1 is 1.28 bits per heavy atom. The summed E-state index contributed by atoms with van der Waals surface area (Å²) in [5.41, 5.74) is 0.488. The molecule has 2 heteroatoms. The fourth-order valence-electron chi connectivity index (χ4n) is 3.05. The molecule has 18 heavy (non-hydrogen) atoms. The number of nitrogens with one attached hydrogen (secondary N) is 1. The van der Waals surface area contributed by atoms with Gasteiger partial charge in [-0.1, -0.05) is 47.0 Å². The third kappa shape index (κ3) is 6.75. The summed E-state index contributed by atoms with van der Waals surface area (Å²) in [5, 5.41) is 3.54. The topological polar surface area (TPSA) is 15.3 Å². The van der Waals surface area contributed by atoms with Crippen molar-refractivity contribution in [1.29, 1.82) is 0 Å². The summed E-state index contributed by atoms with van der Waals surface area (Å²) < 4.78 is 0. The van der Waals surface area contributed by atoms with Crippen LogP contribution in [0.3, 0.4) is 0 Å². The molecule has 1 fully saturated rings. The summed E-state index contributed by atoms with van der Waals surface area (Å²) in [7, 11) is 0. The van der Waals surface area contributed by atoms with Crippen LogP contribution in [0.2, 0.25) is 0 Å². The lowest BCUT2D eigenvalue weighted by Crippen LogP contribution is -2.42. The molecule has 0 aliphatic carbocycles. The maximum absolute atomic E-state index is 3.54. The van der Waals surface area contributed by atoms with Crippen LogP contribution in [-0.2, 0) is 0 Å². The Morgan fingerprint density at radius 2 is 2.06 bits per heavy atom. The zero-order valence-electron chi connectivity index (χ0n) is 13.1. The molecule has 2 nitrogen and oxygen atoms in total. The van der Waals surface area contributed by atoms with E-state index in [0.717, 1.165) is 5.92 Å². The van der Waals surface area contributed by atoms with E-state index in [2.05, 4.69) is 37.9 Å². The maximum atomic E-state index is 3.54. The van der Waals surface area contributed by atoms with Crippen molar-refractivity contribution in [3.05, 3.63) is 0 Å². The standard InChI is InChI=1S/C16H34N2/c1-5-6-7-9-16(3,4)14-18-11-8-10-17-12-15(2)13-18/h15,17H,5-14H2,1-4H3. The third-order valence-electron chi connectivity index (χ3n) is 4.00. The molecule has 1 N–H and O–H groups in total. The second-order valence-electron chi connectivity index (χ2n) is 7.02. The van der Waals surface area contributed by atoms with Gasteiger partial charge in [-0.15, -0.1) is 0 Å². The largest absolute Gasteiger partial charge is 0.316 e. The van der Waals surface area contributed by atoms with Crippen LogP contribution in [0, 0.1) is 11.3 Å². The molecule has 0 bridgehead atoms. The predicted molar refractivity (Wildman–Crippen MR) is 81.0 cm³/mol. The Morgan fingerprint density at radius 3 is 2.78 bits per heavy atom. The molecule has 0 aromatic heterocycles. The van der Waals surface area contributed by atoms with Gasteiger partial charge >= 0.3 is 0 Å². The van der Waals surface area contributed by atoms with Crippen LogP contribution in [0.1, 0.15) is 59.8 Å². The minimum Gasteiger partial charge on any atom is -0.316 e. The van der Waals surface area contributed by atoms with Crippen LogP contribution < -0.4 is 5.32 Å². The van der Waals surface area contributed by atoms with Gasteiger partial charge < -0.3 is 10.2 Å². The Hall–Kier alpha value is -0.0800. The highest BCUT2D eigenvalue weighted by atomic mass is 15.1. The first-order chi connectivity index (χ1) is 8.53. The Labute approximate surface area is 115 Å². The second kappa shape index (κ2) is 8.16. The molecule has 1 aliphatic rings. The van der Waals surface area contributed by atoms with E-state index in [1.807, 2.05) is 0 Å². The highest BCUT2D eigenvalue weighted by Gasteiger charge is 2.23. The van der Waals surface area contributed by atoms with E-state index in [-0.39, 0.29) is 0 Å². The van der Waals surface area contributed by atoms with E-state index >= 15 is 0 Å². The van der Waals surface area contributed by atoms with E-state index in [1.165, 1.54) is 64.8 Å². The second-order valence-corrected chi connectivity index (χ2v) is 7.02. The first-order valence-corrected chi connectivity index (χ1v) is 7.96. The van der Waals surface area contributed by atoms with Gasteiger partial charge in [-0.25, -0.2) is 0 Å². The summed E-state index contributed by atoms with van der Waals surface area (Å²) in [6, 6.07) is 0. The lowest BCUT2D eigenvalue weighted by Gasteiger charge is -2.35. The van der Waals surface area contributed by atoms with Gasteiger partial charge in [-0.05, 0) is 43.8 Å². The average Bonchev–Trinajstić information content (AvgIpc) is 2.25. The van der Waals surface area contributed by atoms with Crippen molar-refractivity contribution in [1.82, 2.24) is 10.2 Å². The van der Waals surface area contributed by atoms with Crippen LogP contribution in [0.15, 0.2) is 0 Å². The van der Waals surface area contributed by atoms with Gasteiger partial charge in [0.25, 0.3) is 0 Å². The van der Waals surface area contributed by atoms with Crippen LogP contribution in [0.25, 0.3) is 0 Å². The monoisotopic (exact) mass is 254 g/mol. The molecule has 108 valence electrons. The molecule has 1 aliphatic heterocycles. The Bertz CT molecular complexity index is 213. The molecule has 0 aromatic carbocycles. The van der Waals surface area contributed by atoms with Gasteiger partial charge in [-0.3, -0.25) is 0 Å². The lowest BCUT2D eigenvalue weighted by molar-refractivity contribution is 0.139. The van der Waals surface area contributed by atoms with Crippen LogP contribution in [0.5, 0.6) is 0 Å². The van der Waals surface area contributed by atoms with Gasteiger partial charge in [0.15, 0.2) is 0 Å². The Balaban J connectivity index is 2.36. The van der Waals surface area contributed by atoms with Crippen molar-refractivity contribution in [2.45, 2.75) is 59.8 Å². The van der Waals surface area contributed by atoms with E-state index in [4.69, 9.17) is 0 Å². The Kier molecular flexibility index (Phi) is 7.25. The van der Waals surface area contributed by atoms with Crippen LogP contribution in [-0.4, -0.2) is 37.6 Å². The molecular formula is C16H34N2. The van der Waals surface area contributed by atoms with Crippen molar-refractivity contribution in [2.75, 3.05) is 32.7 Å². The molecule has 0 saturated carbocycles. The summed E-state index contributed by atoms with van der Waals surface area (Å²) in [6.07, 6.45) is 6.81. The first kappa shape index (κ1) is 16.0. The first-order valence-electron chi connectivity index (χ1n) is 7.96. The fraction of sp³-hybridized carbons (Fsp3) is 1.00. The summed E-state index contributed by atoms with van der Waals surface area (Å²) in [6.45, 7) is 15.8. The number of nitrogens with zero attached hydrogens (tertiary/aromatic N) is 1. The molecule has 0 radical (unpaired) electrons. The molecule has 1 unspecified atom stereocenters. The van der Waals surface area contributed by atoms with Crippen LogP contribution >= 0.6 is 0 Å². The highest BCUT2D eigenvalue weighted by Crippen LogP contribution is 2.25. The SMILES string of the molecule is CCCCCC(C)(C)CN1CCCNCC(C)C1. The van der Waals surface area contributed by atoms with Crippen molar-refractivity contribution < 1.29 is 0 Å². The van der Waals surface area contributed by atoms with Gasteiger partial charge in [0.1, 0.15) is 0 Å². The minimum absolute atomic E-state index is 0.488. The molecular weight excluding hydrogens is 220 g/mol. The zero-order chi connectivity index (χ0) is 13.4. The van der Waals surface area contributed by atoms with Crippen molar-refractivity contribution in [3.8, 4) is 0 Å². The molecule has 0 spiro atoms. The van der Waals surface area contributed by atoms with Gasteiger partial charge in [0.2, 0.25) is 0 Å². The molecule has 1 atom stereocenters. The number of hydrogen-bond acceptors (Lipinski definition) is 2. The normalized spacial score (nSPS) is 23.7. The predicted octanol–water partition coefficient (Wildman–Crippen LogP) is 3.52. The minimum atomic E-state index is 0.488. The maximum Gasteiger partial charge on any atom is 0.00328 e. The van der Waals surface area contributed by atoms with Gasteiger partial charge in [0, 0.05) is 13.1 Å². The van der Waals surface area contributed by atoms with Crippen LogP contribution in [0.4, 0.5) is 0 Å². The zero-order valence-corrected chi connectivity index (χ0v) is 13.1. The number of rotatable bonds is 6. The van der Waals surface area contributed by atoms with E-state index in [0.29, 0.717) is 5.41 Å². The highest BCUT2D eigenvalue weighted by molar-refractivity contribution is 4.77. The molecule has 0 aromatic rings. The van der Waals surface area contributed by atoms with Crippen molar-refractivity contribution in [2.24, 2.45) is 11.3 Å². The molecule has 0 amide bonds. The van der Waals surface area contributed by atoms with E-state index < -0.39 is 0 Å². The number of hydrogen-bond donors (Lipinski definition) is 1. The summed E-state index contributed by atoms with van der Waals surface area (Å²) >= 11 is 0. The third-order valence-corrected chi connectivity index (χ3v) is 4.00. The number of unbranched alkanes of at least 4 members (excludes halogenated alkanes) is 2. The summed E-state index contributed by atoms with van der Waals surface area (Å²) in [5.74, 6) is 0.789. The van der Waals surface area contributed by atoms with Crippen molar-refractivity contribution >= 4 is 0 Å². The lowest BCUT2D eigenvalue weighted by atomic mass is 9.86. The molecule has 1 heterocycles. The molecule has 1 rings (SSSR count). The van der Waals surface area contributed by atoms with E-state index in [1.54, 1.807) is 0 Å². The summed E-state index contributed by atoms with van der Waals surface area (Å²) in [4.78, 5) is 2.71. The van der Waals surface area contributed by atoms with Gasteiger partial charge in [0.05, 0.1) is 0 Å². The van der Waals surface area contributed by atoms with Gasteiger partial charge in [-0.2, -0.15) is 0 Å². The van der Waals surface area contributed by atoms with Crippen molar-refractivity contribution in [3.63, 3.8) is 0 Å². The smallest absolute Gasteiger partial charge is 0.00328 e. The average molecular weight is 254 g/mol. The van der Waals surface area contributed by atoms with E-state index in [9.17, 15) is 0 Å². The fourth-order valence-corrected chi connectivity index (χ4v) is 3.05. The molecule has 1 saturated heterocycles. The quantitative estimate of drug-likeness (QED) is 0.730.